The number of benzene rings is 1. The van der Waals surface area contributed by atoms with Gasteiger partial charge in [-0.2, -0.15) is 0 Å². The number of ether oxygens (including phenoxy) is 1. The Morgan fingerprint density at radius 1 is 1.43 bits per heavy atom. The van der Waals surface area contributed by atoms with Crippen molar-refractivity contribution in [3.8, 4) is 0 Å². The highest BCUT2D eigenvalue weighted by molar-refractivity contribution is 6.33. The van der Waals surface area contributed by atoms with Crippen LogP contribution in [0.3, 0.4) is 0 Å². The van der Waals surface area contributed by atoms with Gasteiger partial charge in [-0.3, -0.25) is 5.32 Å². The van der Waals surface area contributed by atoms with Gasteiger partial charge in [0.25, 0.3) is 0 Å². The van der Waals surface area contributed by atoms with Crippen molar-refractivity contribution in [2.45, 2.75) is 57.7 Å². The van der Waals surface area contributed by atoms with E-state index in [9.17, 15) is 9.90 Å². The first kappa shape index (κ1) is 16.1. The molecule has 1 unspecified atom stereocenters. The van der Waals surface area contributed by atoms with E-state index in [1.807, 2.05) is 12.1 Å². The Morgan fingerprint density at radius 2 is 2.05 bits per heavy atom. The highest BCUT2D eigenvalue weighted by Gasteiger charge is 2.48. The molecule has 0 heterocycles. The van der Waals surface area contributed by atoms with E-state index in [1.54, 1.807) is 33.8 Å². The molecule has 2 rings (SSSR count). The van der Waals surface area contributed by atoms with Crippen LogP contribution in [-0.2, 0) is 10.2 Å². The van der Waals surface area contributed by atoms with Crippen LogP contribution in [0, 0.1) is 0 Å². The number of halogens is 1. The lowest BCUT2D eigenvalue weighted by Crippen LogP contribution is -2.27. The van der Waals surface area contributed by atoms with Crippen molar-refractivity contribution in [2.75, 3.05) is 5.32 Å². The highest BCUT2D eigenvalue weighted by atomic mass is 35.5. The second-order valence-corrected chi connectivity index (χ2v) is 7.06. The first-order valence-electron chi connectivity index (χ1n) is 7.12. The Hall–Kier alpha value is -1.26. The second-order valence-electron chi connectivity index (χ2n) is 6.65. The molecule has 1 amide bonds. The predicted molar refractivity (Wildman–Crippen MR) is 83.9 cm³/mol. The molecule has 0 spiro atoms. The largest absolute Gasteiger partial charge is 0.444 e. The number of carbonyl (C=O) groups excluding carboxylic acids is 1. The van der Waals surface area contributed by atoms with Gasteiger partial charge < -0.3 is 9.84 Å². The van der Waals surface area contributed by atoms with Gasteiger partial charge >= 0.3 is 6.09 Å². The number of hydrogen-bond acceptors (Lipinski definition) is 3. The number of nitrogens with one attached hydrogen (secondary N) is 1. The van der Waals surface area contributed by atoms with E-state index in [1.165, 1.54) is 0 Å². The van der Waals surface area contributed by atoms with Gasteiger partial charge in [0, 0.05) is 5.41 Å². The molecule has 1 saturated carbocycles. The fourth-order valence-electron chi connectivity index (χ4n) is 2.42. The molecule has 0 bridgehead atoms. The van der Waals surface area contributed by atoms with E-state index in [0.717, 1.165) is 18.4 Å². The first-order chi connectivity index (χ1) is 9.64. The maximum Gasteiger partial charge on any atom is 0.412 e. The van der Waals surface area contributed by atoms with Crippen LogP contribution in [0.25, 0.3) is 0 Å². The van der Waals surface area contributed by atoms with Gasteiger partial charge in [0.15, 0.2) is 0 Å². The molecule has 1 aromatic rings. The summed E-state index contributed by atoms with van der Waals surface area (Å²) >= 11 is 6.23. The molecule has 1 fully saturated rings. The number of carbonyl (C=O) groups is 1. The van der Waals surface area contributed by atoms with Crippen molar-refractivity contribution in [3.05, 3.63) is 28.8 Å². The SMILES string of the molecule is CC(O)C1(c2ccc(NC(=O)OC(C)(C)C)c(Cl)c2)CC1. The minimum atomic E-state index is -0.555. The van der Waals surface area contributed by atoms with Gasteiger partial charge in [0.05, 0.1) is 16.8 Å². The molecule has 0 radical (unpaired) electrons. The maximum absolute atomic E-state index is 11.8. The van der Waals surface area contributed by atoms with Crippen LogP contribution in [-0.4, -0.2) is 22.9 Å². The van der Waals surface area contributed by atoms with E-state index < -0.39 is 17.8 Å². The molecule has 1 aromatic carbocycles. The highest BCUT2D eigenvalue weighted by Crippen LogP contribution is 2.51. The predicted octanol–water partition coefficient (Wildman–Crippen LogP) is 4.10. The van der Waals surface area contributed by atoms with Crippen molar-refractivity contribution in [1.29, 1.82) is 0 Å². The Morgan fingerprint density at radius 3 is 2.48 bits per heavy atom. The lowest BCUT2D eigenvalue weighted by atomic mass is 9.91. The van der Waals surface area contributed by atoms with Crippen molar-refractivity contribution in [1.82, 2.24) is 0 Å². The third-order valence-electron chi connectivity index (χ3n) is 3.77. The number of aliphatic hydroxyl groups is 1. The molecule has 5 heteroatoms. The molecule has 1 aliphatic rings. The summed E-state index contributed by atoms with van der Waals surface area (Å²) in [5, 5.41) is 13.0. The van der Waals surface area contributed by atoms with E-state index in [0.29, 0.717) is 10.7 Å². The zero-order valence-corrected chi connectivity index (χ0v) is 13.6. The summed E-state index contributed by atoms with van der Waals surface area (Å²) in [7, 11) is 0. The molecular formula is C16H22ClNO3. The lowest BCUT2D eigenvalue weighted by molar-refractivity contribution is 0.0636. The quantitative estimate of drug-likeness (QED) is 0.883. The van der Waals surface area contributed by atoms with Crippen LogP contribution < -0.4 is 5.32 Å². The van der Waals surface area contributed by atoms with Crippen molar-refractivity contribution >= 4 is 23.4 Å². The minimum absolute atomic E-state index is 0.173. The minimum Gasteiger partial charge on any atom is -0.444 e. The fourth-order valence-corrected chi connectivity index (χ4v) is 2.65. The average molecular weight is 312 g/mol. The zero-order valence-electron chi connectivity index (χ0n) is 12.9. The molecule has 1 aliphatic carbocycles. The summed E-state index contributed by atoms with van der Waals surface area (Å²) in [6, 6.07) is 5.47. The monoisotopic (exact) mass is 311 g/mol. The van der Waals surface area contributed by atoms with Crippen LogP contribution in [0.15, 0.2) is 18.2 Å². The number of amides is 1. The average Bonchev–Trinajstić information content (AvgIpc) is 3.10. The van der Waals surface area contributed by atoms with Gasteiger partial charge in [-0.1, -0.05) is 17.7 Å². The van der Waals surface area contributed by atoms with E-state index in [2.05, 4.69) is 5.32 Å². The zero-order chi connectivity index (χ0) is 15.8. The van der Waals surface area contributed by atoms with Crippen molar-refractivity contribution < 1.29 is 14.6 Å². The van der Waals surface area contributed by atoms with E-state index in [-0.39, 0.29) is 5.41 Å². The molecule has 2 N–H and O–H groups in total. The molecule has 4 nitrogen and oxygen atoms in total. The van der Waals surface area contributed by atoms with Gasteiger partial charge in [0.2, 0.25) is 0 Å². The summed E-state index contributed by atoms with van der Waals surface area (Å²) in [6.45, 7) is 7.21. The Labute approximate surface area is 130 Å². The molecule has 0 aromatic heterocycles. The van der Waals surface area contributed by atoms with Crippen LogP contribution in [0.1, 0.15) is 46.1 Å². The van der Waals surface area contributed by atoms with Crippen molar-refractivity contribution in [3.63, 3.8) is 0 Å². The van der Waals surface area contributed by atoms with E-state index >= 15 is 0 Å². The van der Waals surface area contributed by atoms with Gasteiger partial charge in [-0.25, -0.2) is 4.79 Å². The normalized spacial score (nSPS) is 18.0. The molecular weight excluding hydrogens is 290 g/mol. The molecule has 0 saturated heterocycles. The number of aliphatic hydroxyl groups excluding tert-OH is 1. The lowest BCUT2D eigenvalue weighted by Gasteiger charge is -2.21. The van der Waals surface area contributed by atoms with Crippen LogP contribution in [0.5, 0.6) is 0 Å². The topological polar surface area (TPSA) is 58.6 Å². The third-order valence-corrected chi connectivity index (χ3v) is 4.08. The van der Waals surface area contributed by atoms with Gasteiger partial charge in [-0.05, 0) is 58.2 Å². The van der Waals surface area contributed by atoms with Crippen LogP contribution in [0.2, 0.25) is 5.02 Å². The molecule has 1 atom stereocenters. The Kier molecular flexibility index (Phi) is 4.22. The summed E-state index contributed by atoms with van der Waals surface area (Å²) < 4.78 is 5.20. The Balaban J connectivity index is 2.12. The summed E-state index contributed by atoms with van der Waals surface area (Å²) in [5.74, 6) is 0. The summed E-state index contributed by atoms with van der Waals surface area (Å²) in [6.07, 6.45) is 0.978. The second kappa shape index (κ2) is 5.50. The number of anilines is 1. The van der Waals surface area contributed by atoms with E-state index in [4.69, 9.17) is 16.3 Å². The van der Waals surface area contributed by atoms with Gasteiger partial charge in [-0.15, -0.1) is 0 Å². The first-order valence-corrected chi connectivity index (χ1v) is 7.50. The number of rotatable bonds is 3. The maximum atomic E-state index is 11.8. The Bertz CT molecular complexity index is 545. The number of hydrogen-bond donors (Lipinski definition) is 2. The van der Waals surface area contributed by atoms with Crippen molar-refractivity contribution in [2.24, 2.45) is 0 Å². The standard InChI is InChI=1S/C16H22ClNO3/c1-10(19)16(7-8-16)11-5-6-13(12(17)9-11)18-14(20)21-15(2,3)4/h5-6,9-10,19H,7-8H2,1-4H3,(H,18,20). The summed E-state index contributed by atoms with van der Waals surface area (Å²) in [4.78, 5) is 11.8. The fraction of sp³-hybridized carbons (Fsp3) is 0.562. The molecule has 21 heavy (non-hydrogen) atoms. The third kappa shape index (κ3) is 3.69. The molecule has 116 valence electrons. The summed E-state index contributed by atoms with van der Waals surface area (Å²) in [5.41, 5.74) is 0.794. The van der Waals surface area contributed by atoms with Crippen LogP contribution >= 0.6 is 11.6 Å². The van der Waals surface area contributed by atoms with Crippen LogP contribution in [0.4, 0.5) is 10.5 Å². The van der Waals surface area contributed by atoms with Gasteiger partial charge in [0.1, 0.15) is 5.60 Å². The smallest absolute Gasteiger partial charge is 0.412 e. The molecule has 0 aliphatic heterocycles.